The third-order valence-electron chi connectivity index (χ3n) is 5.09. The molecule has 3 rings (SSSR count). The summed E-state index contributed by atoms with van der Waals surface area (Å²) in [6.07, 6.45) is 4.74. The Labute approximate surface area is 119 Å². The Morgan fingerprint density at radius 1 is 1.45 bits per heavy atom. The van der Waals surface area contributed by atoms with Crippen molar-refractivity contribution in [2.45, 2.75) is 44.9 Å². The highest BCUT2D eigenvalue weighted by Crippen LogP contribution is 2.50. The smallest absolute Gasteiger partial charge is 0.0738 e. The molecule has 1 saturated carbocycles. The van der Waals surface area contributed by atoms with Crippen molar-refractivity contribution in [3.63, 3.8) is 0 Å². The van der Waals surface area contributed by atoms with Crippen molar-refractivity contribution in [2.75, 3.05) is 19.7 Å². The summed E-state index contributed by atoms with van der Waals surface area (Å²) in [6.45, 7) is 5.67. The Kier molecular flexibility index (Phi) is 3.79. The van der Waals surface area contributed by atoms with Crippen LogP contribution in [0.15, 0.2) is 6.20 Å². The van der Waals surface area contributed by atoms with Crippen LogP contribution in [0.5, 0.6) is 0 Å². The monoisotopic (exact) mass is 280 g/mol. The van der Waals surface area contributed by atoms with Gasteiger partial charge in [-0.3, -0.25) is 9.58 Å². The van der Waals surface area contributed by atoms with Crippen LogP contribution < -0.4 is 0 Å². The van der Waals surface area contributed by atoms with E-state index in [1.807, 2.05) is 24.9 Å². The molecule has 0 amide bonds. The predicted octanol–water partition coefficient (Wildman–Crippen LogP) is 0.567. The molecule has 2 heterocycles. The number of nitrogens with zero attached hydrogens (tertiary/aromatic N) is 4. The highest BCUT2D eigenvalue weighted by molar-refractivity contribution is 5.07. The zero-order valence-corrected chi connectivity index (χ0v) is 12.3. The highest BCUT2D eigenvalue weighted by atomic mass is 16.5. The van der Waals surface area contributed by atoms with Gasteiger partial charge in [0.1, 0.15) is 0 Å². The maximum Gasteiger partial charge on any atom is 0.0738 e. The molecule has 0 aromatic carbocycles. The number of aliphatic hydroxyl groups excluding tert-OH is 1. The van der Waals surface area contributed by atoms with Crippen molar-refractivity contribution in [3.05, 3.63) is 11.9 Å². The topological polar surface area (TPSA) is 63.4 Å². The van der Waals surface area contributed by atoms with Gasteiger partial charge >= 0.3 is 0 Å². The van der Waals surface area contributed by atoms with Gasteiger partial charge in [-0.25, -0.2) is 0 Å². The van der Waals surface area contributed by atoms with E-state index in [0.29, 0.717) is 0 Å². The summed E-state index contributed by atoms with van der Waals surface area (Å²) < 4.78 is 7.62. The van der Waals surface area contributed by atoms with E-state index in [1.165, 1.54) is 0 Å². The van der Waals surface area contributed by atoms with Crippen molar-refractivity contribution in [1.82, 2.24) is 19.9 Å². The lowest BCUT2D eigenvalue weighted by atomic mass is 9.58. The van der Waals surface area contributed by atoms with Crippen LogP contribution in [0.3, 0.4) is 0 Å². The van der Waals surface area contributed by atoms with Crippen LogP contribution >= 0.6 is 0 Å². The van der Waals surface area contributed by atoms with Crippen LogP contribution in [-0.2, 0) is 18.3 Å². The van der Waals surface area contributed by atoms with Gasteiger partial charge in [0.25, 0.3) is 0 Å². The number of aromatic nitrogens is 3. The van der Waals surface area contributed by atoms with Gasteiger partial charge in [-0.05, 0) is 32.9 Å². The van der Waals surface area contributed by atoms with Crippen LogP contribution in [-0.4, -0.2) is 56.9 Å². The van der Waals surface area contributed by atoms with Crippen molar-refractivity contribution in [1.29, 1.82) is 0 Å². The van der Waals surface area contributed by atoms with E-state index in [1.54, 1.807) is 0 Å². The van der Waals surface area contributed by atoms with Crippen LogP contribution in [0.4, 0.5) is 0 Å². The lowest BCUT2D eigenvalue weighted by Gasteiger charge is -2.56. The molecule has 1 saturated heterocycles. The normalized spacial score (nSPS) is 29.6. The Morgan fingerprint density at radius 3 is 2.75 bits per heavy atom. The van der Waals surface area contributed by atoms with Gasteiger partial charge in [-0.2, -0.15) is 0 Å². The van der Waals surface area contributed by atoms with Crippen molar-refractivity contribution in [2.24, 2.45) is 12.5 Å². The van der Waals surface area contributed by atoms with E-state index >= 15 is 0 Å². The van der Waals surface area contributed by atoms with Gasteiger partial charge in [0.2, 0.25) is 0 Å². The summed E-state index contributed by atoms with van der Waals surface area (Å²) in [7, 11) is 1.93. The standard InChI is InChI=1S/C14H24N4O2/c1-3-20-13-8-12(19)14(13)4-6-18(7-5-14)10-11-9-15-16-17(11)2/h9,12-13,19H,3-8,10H2,1-2H3. The van der Waals surface area contributed by atoms with Gasteiger partial charge in [-0.15, -0.1) is 5.10 Å². The van der Waals surface area contributed by atoms with E-state index in [0.717, 1.165) is 51.2 Å². The molecule has 20 heavy (non-hydrogen) atoms. The molecule has 1 aromatic rings. The molecule has 0 radical (unpaired) electrons. The van der Waals surface area contributed by atoms with Crippen LogP contribution in [0.25, 0.3) is 0 Å². The fraction of sp³-hybridized carbons (Fsp3) is 0.857. The maximum absolute atomic E-state index is 10.2. The highest BCUT2D eigenvalue weighted by Gasteiger charge is 2.55. The molecule has 6 nitrogen and oxygen atoms in total. The fourth-order valence-corrected chi connectivity index (χ4v) is 3.63. The van der Waals surface area contributed by atoms with Crippen LogP contribution in [0.1, 0.15) is 31.9 Å². The van der Waals surface area contributed by atoms with Gasteiger partial charge in [-0.1, -0.05) is 5.21 Å². The second-order valence-corrected chi connectivity index (χ2v) is 6.05. The number of rotatable bonds is 4. The number of hydrogen-bond donors (Lipinski definition) is 1. The van der Waals surface area contributed by atoms with E-state index in [-0.39, 0.29) is 17.6 Å². The summed E-state index contributed by atoms with van der Waals surface area (Å²) in [5, 5.41) is 18.1. The first-order valence-electron chi connectivity index (χ1n) is 7.51. The summed E-state index contributed by atoms with van der Waals surface area (Å²) in [5.41, 5.74) is 1.15. The largest absolute Gasteiger partial charge is 0.392 e. The molecule has 1 N–H and O–H groups in total. The van der Waals surface area contributed by atoms with Crippen molar-refractivity contribution >= 4 is 0 Å². The molecular formula is C14H24N4O2. The molecule has 0 bridgehead atoms. The Balaban J connectivity index is 1.58. The second kappa shape index (κ2) is 5.42. The lowest BCUT2D eigenvalue weighted by Crippen LogP contribution is -2.62. The molecule has 6 heteroatoms. The fourth-order valence-electron chi connectivity index (χ4n) is 3.63. The third kappa shape index (κ3) is 2.25. The minimum Gasteiger partial charge on any atom is -0.392 e. The van der Waals surface area contributed by atoms with E-state index in [9.17, 15) is 5.11 Å². The van der Waals surface area contributed by atoms with Crippen LogP contribution in [0.2, 0.25) is 0 Å². The first-order chi connectivity index (χ1) is 9.65. The summed E-state index contributed by atoms with van der Waals surface area (Å²) in [5.74, 6) is 0. The first kappa shape index (κ1) is 14.0. The molecule has 2 atom stereocenters. The molecule has 1 aliphatic carbocycles. The number of likely N-dealkylation sites (tertiary alicyclic amines) is 1. The lowest BCUT2D eigenvalue weighted by molar-refractivity contribution is -0.210. The molecule has 2 unspecified atom stereocenters. The molecule has 1 spiro atoms. The molecule has 2 fully saturated rings. The molecule has 1 aromatic heterocycles. The zero-order valence-electron chi connectivity index (χ0n) is 12.3. The summed E-state index contributed by atoms with van der Waals surface area (Å²) in [6, 6.07) is 0. The van der Waals surface area contributed by atoms with Crippen molar-refractivity contribution < 1.29 is 9.84 Å². The minimum atomic E-state index is -0.181. The quantitative estimate of drug-likeness (QED) is 0.873. The van der Waals surface area contributed by atoms with Crippen LogP contribution in [0, 0.1) is 5.41 Å². The predicted molar refractivity (Wildman–Crippen MR) is 74.0 cm³/mol. The molecule has 112 valence electrons. The zero-order chi connectivity index (χ0) is 14.2. The minimum absolute atomic E-state index is 0.0111. The number of ether oxygens (including phenoxy) is 1. The Bertz CT molecular complexity index is 452. The third-order valence-corrected chi connectivity index (χ3v) is 5.09. The maximum atomic E-state index is 10.2. The molecular weight excluding hydrogens is 256 g/mol. The number of aliphatic hydroxyl groups is 1. The average Bonchev–Trinajstić information content (AvgIpc) is 2.85. The van der Waals surface area contributed by atoms with Gasteiger partial charge in [0.05, 0.1) is 24.1 Å². The van der Waals surface area contributed by atoms with E-state index in [4.69, 9.17) is 4.74 Å². The summed E-state index contributed by atoms with van der Waals surface area (Å²) in [4.78, 5) is 2.41. The first-order valence-corrected chi connectivity index (χ1v) is 7.51. The number of hydrogen-bond acceptors (Lipinski definition) is 5. The van der Waals surface area contributed by atoms with Crippen molar-refractivity contribution in [3.8, 4) is 0 Å². The summed E-state index contributed by atoms with van der Waals surface area (Å²) >= 11 is 0. The van der Waals surface area contributed by atoms with Gasteiger partial charge < -0.3 is 9.84 Å². The number of piperidine rings is 1. The van der Waals surface area contributed by atoms with E-state index < -0.39 is 0 Å². The Morgan fingerprint density at radius 2 is 2.20 bits per heavy atom. The molecule has 1 aliphatic heterocycles. The second-order valence-electron chi connectivity index (χ2n) is 6.05. The molecule has 2 aliphatic rings. The van der Waals surface area contributed by atoms with Gasteiger partial charge in [0.15, 0.2) is 0 Å². The SMILES string of the molecule is CCOC1CC(O)C12CCN(Cc1cnnn1C)CC2. The Hall–Kier alpha value is -0.980. The average molecular weight is 280 g/mol. The van der Waals surface area contributed by atoms with Gasteiger partial charge in [0, 0.05) is 32.0 Å². The van der Waals surface area contributed by atoms with E-state index in [2.05, 4.69) is 15.2 Å². The number of aryl methyl sites for hydroxylation is 1.